The molecular formula is C6H7INNaO. The van der Waals surface area contributed by atoms with Crippen molar-refractivity contribution in [1.82, 2.24) is 4.98 Å². The van der Waals surface area contributed by atoms with Crippen molar-refractivity contribution in [2.24, 2.45) is 0 Å². The second-order valence-electron chi connectivity index (χ2n) is 1.82. The molecule has 0 radical (unpaired) electrons. The number of rotatable bonds is 0. The molecule has 50 valence electrons. The fraction of sp³-hybridized carbons (Fsp3) is 0.167. The predicted octanol–water partition coefficient (Wildman–Crippen LogP) is 1.05. The van der Waals surface area contributed by atoms with Gasteiger partial charge in [-0.15, -0.1) is 0 Å². The first-order valence-corrected chi connectivity index (χ1v) is 3.59. The van der Waals surface area contributed by atoms with Crippen LogP contribution in [0.4, 0.5) is 0 Å². The molecule has 1 aromatic rings. The molecule has 4 heteroatoms. The van der Waals surface area contributed by atoms with E-state index in [1.807, 2.05) is 29.5 Å². The molecule has 0 unspecified atom stereocenters. The molecule has 0 aromatic carbocycles. The van der Waals surface area contributed by atoms with E-state index >= 15 is 0 Å². The van der Waals surface area contributed by atoms with Crippen LogP contribution in [-0.4, -0.2) is 39.6 Å². The number of aromatic nitrogens is 1. The molecule has 0 amide bonds. The Morgan fingerprint density at radius 2 is 2.20 bits per heavy atom. The van der Waals surface area contributed by atoms with Crippen molar-refractivity contribution in [2.75, 3.05) is 0 Å². The van der Waals surface area contributed by atoms with Crippen LogP contribution in [0.5, 0.6) is 5.75 Å². The first kappa shape index (κ1) is 10.7. The van der Waals surface area contributed by atoms with Gasteiger partial charge >= 0.3 is 29.6 Å². The van der Waals surface area contributed by atoms with Gasteiger partial charge in [0.15, 0.2) is 0 Å². The van der Waals surface area contributed by atoms with E-state index in [2.05, 4.69) is 4.98 Å². The summed E-state index contributed by atoms with van der Waals surface area (Å²) < 4.78 is 0.651. The molecule has 0 saturated heterocycles. The summed E-state index contributed by atoms with van der Waals surface area (Å²) in [6, 6.07) is 1.69. The van der Waals surface area contributed by atoms with Gasteiger partial charge in [-0.1, -0.05) is 0 Å². The number of hydrogen-bond donors (Lipinski definition) is 1. The summed E-state index contributed by atoms with van der Waals surface area (Å²) in [6.45, 7) is 1.89. The number of pyridine rings is 1. The van der Waals surface area contributed by atoms with Crippen molar-refractivity contribution >= 4 is 52.1 Å². The molecule has 0 aliphatic carbocycles. The summed E-state index contributed by atoms with van der Waals surface area (Å²) >= 11 is 1.98. The van der Waals surface area contributed by atoms with Crippen LogP contribution in [0.25, 0.3) is 0 Å². The SMILES string of the molecule is Cc1cnc(I)c(O)c1.[NaH]. The normalized spacial score (nSPS) is 8.60. The minimum absolute atomic E-state index is 0. The molecule has 0 aliphatic rings. The van der Waals surface area contributed by atoms with Gasteiger partial charge in [0.1, 0.15) is 9.45 Å². The molecule has 0 spiro atoms. The Hall–Kier alpha value is 0.680. The number of aromatic hydroxyl groups is 1. The Morgan fingerprint density at radius 3 is 2.60 bits per heavy atom. The van der Waals surface area contributed by atoms with Crippen molar-refractivity contribution in [2.45, 2.75) is 6.92 Å². The molecule has 1 aromatic heterocycles. The van der Waals surface area contributed by atoms with Gasteiger partial charge in [-0.2, -0.15) is 0 Å². The third kappa shape index (κ3) is 2.74. The predicted molar refractivity (Wildman–Crippen MR) is 50.5 cm³/mol. The Bertz CT molecular complexity index is 229. The van der Waals surface area contributed by atoms with Crippen LogP contribution in [0.3, 0.4) is 0 Å². The van der Waals surface area contributed by atoms with Crippen LogP contribution < -0.4 is 0 Å². The second-order valence-corrected chi connectivity index (χ2v) is 2.84. The van der Waals surface area contributed by atoms with Crippen LogP contribution in [0.15, 0.2) is 12.3 Å². The average molecular weight is 259 g/mol. The van der Waals surface area contributed by atoms with Gasteiger partial charge in [-0.25, -0.2) is 4.98 Å². The van der Waals surface area contributed by atoms with Gasteiger partial charge in [-0.3, -0.25) is 0 Å². The summed E-state index contributed by atoms with van der Waals surface area (Å²) in [6.07, 6.45) is 1.72. The van der Waals surface area contributed by atoms with E-state index in [0.717, 1.165) is 5.56 Å². The zero-order chi connectivity index (χ0) is 6.85. The van der Waals surface area contributed by atoms with Gasteiger partial charge in [0, 0.05) is 6.20 Å². The first-order valence-electron chi connectivity index (χ1n) is 2.51. The van der Waals surface area contributed by atoms with Crippen LogP contribution >= 0.6 is 22.6 Å². The number of halogens is 1. The van der Waals surface area contributed by atoms with E-state index in [1.54, 1.807) is 12.3 Å². The average Bonchev–Trinajstić information content (AvgIpc) is 1.80. The molecule has 2 nitrogen and oxygen atoms in total. The van der Waals surface area contributed by atoms with E-state index < -0.39 is 0 Å². The fourth-order valence-electron chi connectivity index (χ4n) is 0.537. The summed E-state index contributed by atoms with van der Waals surface area (Å²) in [4.78, 5) is 3.91. The molecule has 10 heavy (non-hydrogen) atoms. The van der Waals surface area contributed by atoms with E-state index in [0.29, 0.717) is 3.70 Å². The Kier molecular flexibility index (Phi) is 4.84. The molecule has 0 fully saturated rings. The maximum atomic E-state index is 9.03. The Morgan fingerprint density at radius 1 is 1.60 bits per heavy atom. The molecule has 0 atom stereocenters. The van der Waals surface area contributed by atoms with Crippen molar-refractivity contribution in [3.8, 4) is 5.75 Å². The third-order valence-electron chi connectivity index (χ3n) is 0.957. The Labute approximate surface area is 95.5 Å². The van der Waals surface area contributed by atoms with Gasteiger partial charge in [-0.05, 0) is 41.1 Å². The summed E-state index contributed by atoms with van der Waals surface area (Å²) in [5.41, 5.74) is 0.980. The molecule has 1 rings (SSSR count). The quantitative estimate of drug-likeness (QED) is 0.429. The van der Waals surface area contributed by atoms with Crippen LogP contribution in [0, 0.1) is 10.6 Å². The Balaban J connectivity index is 0.000000810. The molecule has 0 saturated carbocycles. The molecule has 1 heterocycles. The second kappa shape index (κ2) is 4.54. The van der Waals surface area contributed by atoms with Crippen LogP contribution in [0.1, 0.15) is 5.56 Å². The van der Waals surface area contributed by atoms with Crippen molar-refractivity contribution in [3.05, 3.63) is 21.5 Å². The van der Waals surface area contributed by atoms with Crippen LogP contribution in [-0.2, 0) is 0 Å². The van der Waals surface area contributed by atoms with Crippen molar-refractivity contribution in [3.63, 3.8) is 0 Å². The van der Waals surface area contributed by atoms with Gasteiger partial charge in [0.2, 0.25) is 0 Å². The topological polar surface area (TPSA) is 33.1 Å². The van der Waals surface area contributed by atoms with Crippen molar-refractivity contribution in [1.29, 1.82) is 0 Å². The zero-order valence-electron chi connectivity index (χ0n) is 4.93. The summed E-state index contributed by atoms with van der Waals surface area (Å²) in [7, 11) is 0. The fourth-order valence-corrected chi connectivity index (χ4v) is 0.832. The first-order chi connectivity index (χ1) is 4.20. The van der Waals surface area contributed by atoms with Gasteiger partial charge < -0.3 is 5.11 Å². The molecular weight excluding hydrogens is 252 g/mol. The summed E-state index contributed by atoms with van der Waals surface area (Å²) in [5.74, 6) is 0.260. The zero-order valence-corrected chi connectivity index (χ0v) is 7.08. The molecule has 1 N–H and O–H groups in total. The number of aryl methyl sites for hydroxylation is 1. The van der Waals surface area contributed by atoms with E-state index in [1.165, 1.54) is 0 Å². The number of hydrogen-bond acceptors (Lipinski definition) is 2. The van der Waals surface area contributed by atoms with E-state index in [4.69, 9.17) is 5.11 Å². The van der Waals surface area contributed by atoms with Crippen LogP contribution in [0.2, 0.25) is 0 Å². The van der Waals surface area contributed by atoms with Crippen molar-refractivity contribution < 1.29 is 5.11 Å². The van der Waals surface area contributed by atoms with E-state index in [9.17, 15) is 0 Å². The third-order valence-corrected chi connectivity index (χ3v) is 1.79. The minimum atomic E-state index is 0. The molecule has 0 bridgehead atoms. The standard InChI is InChI=1S/C6H6INO.Na.H/c1-4-2-5(9)6(7)8-3-4;;/h2-3,9H,1H3;;. The van der Waals surface area contributed by atoms with Gasteiger partial charge in [0.05, 0.1) is 0 Å². The monoisotopic (exact) mass is 259 g/mol. The number of nitrogens with zero attached hydrogens (tertiary/aromatic N) is 1. The molecule has 0 aliphatic heterocycles. The van der Waals surface area contributed by atoms with Gasteiger partial charge in [0.25, 0.3) is 0 Å². The summed E-state index contributed by atoms with van der Waals surface area (Å²) in [5, 5.41) is 9.03. The van der Waals surface area contributed by atoms with E-state index in [-0.39, 0.29) is 35.3 Å². The maximum absolute atomic E-state index is 9.03.